The van der Waals surface area contributed by atoms with Crippen molar-refractivity contribution in [1.82, 2.24) is 4.90 Å². The molecule has 4 nitrogen and oxygen atoms in total. The van der Waals surface area contributed by atoms with Gasteiger partial charge in [0, 0.05) is 13.1 Å². The number of carboxylic acids is 1. The van der Waals surface area contributed by atoms with E-state index in [1.54, 1.807) is 0 Å². The van der Waals surface area contributed by atoms with Crippen molar-refractivity contribution in [3.8, 4) is 0 Å². The van der Waals surface area contributed by atoms with Crippen LogP contribution in [0.3, 0.4) is 0 Å². The second-order valence-corrected chi connectivity index (χ2v) is 6.66. The van der Waals surface area contributed by atoms with Crippen molar-refractivity contribution in [2.45, 2.75) is 52.4 Å². The number of carbonyl (C=O) groups excluding carboxylic acids is 1. The predicted molar refractivity (Wildman–Crippen MR) is 77.2 cm³/mol. The van der Waals surface area contributed by atoms with Crippen LogP contribution in [0.1, 0.15) is 52.4 Å². The van der Waals surface area contributed by atoms with E-state index in [9.17, 15) is 14.7 Å². The fourth-order valence-corrected chi connectivity index (χ4v) is 3.87. The molecule has 1 heterocycles. The summed E-state index contributed by atoms with van der Waals surface area (Å²) in [5.74, 6) is -0.387. The van der Waals surface area contributed by atoms with Gasteiger partial charge in [-0.15, -0.1) is 0 Å². The minimum Gasteiger partial charge on any atom is -0.481 e. The summed E-state index contributed by atoms with van der Waals surface area (Å²) in [4.78, 5) is 26.0. The molecule has 1 N–H and O–H groups in total. The predicted octanol–water partition coefficient (Wildman–Crippen LogP) is 2.77. The molecule has 0 aromatic rings. The average molecular weight is 281 g/mol. The van der Waals surface area contributed by atoms with Crippen molar-refractivity contribution < 1.29 is 14.7 Å². The molecule has 1 saturated heterocycles. The van der Waals surface area contributed by atoms with Crippen molar-refractivity contribution in [2.24, 2.45) is 23.7 Å². The number of amides is 1. The van der Waals surface area contributed by atoms with Crippen molar-refractivity contribution >= 4 is 11.9 Å². The lowest BCUT2D eigenvalue weighted by molar-refractivity contribution is -0.149. The van der Waals surface area contributed by atoms with E-state index in [4.69, 9.17) is 0 Å². The van der Waals surface area contributed by atoms with Gasteiger partial charge in [-0.2, -0.15) is 0 Å². The van der Waals surface area contributed by atoms with Gasteiger partial charge in [-0.1, -0.05) is 20.3 Å². The number of rotatable bonds is 3. The maximum Gasteiger partial charge on any atom is 0.307 e. The average Bonchev–Trinajstić information content (AvgIpc) is 2.67. The highest BCUT2D eigenvalue weighted by molar-refractivity contribution is 5.85. The molecule has 1 aliphatic carbocycles. The SMILES string of the molecule is CCC1CCCN(C(=O)[C@H]2CC(C)C[C@H]2C(=O)O)CC1. The molecule has 0 spiro atoms. The van der Waals surface area contributed by atoms with E-state index in [1.165, 1.54) is 12.8 Å². The molecule has 4 heteroatoms. The number of likely N-dealkylation sites (tertiary alicyclic amines) is 1. The van der Waals surface area contributed by atoms with Gasteiger partial charge in [-0.05, 0) is 43.9 Å². The lowest BCUT2D eigenvalue weighted by Crippen LogP contribution is -2.39. The van der Waals surface area contributed by atoms with Gasteiger partial charge >= 0.3 is 5.97 Å². The smallest absolute Gasteiger partial charge is 0.307 e. The Balaban J connectivity index is 2.01. The van der Waals surface area contributed by atoms with Crippen LogP contribution in [0.4, 0.5) is 0 Å². The van der Waals surface area contributed by atoms with E-state index in [0.717, 1.165) is 38.3 Å². The largest absolute Gasteiger partial charge is 0.481 e. The second kappa shape index (κ2) is 6.59. The van der Waals surface area contributed by atoms with Crippen LogP contribution in [0.5, 0.6) is 0 Å². The van der Waals surface area contributed by atoms with E-state index in [0.29, 0.717) is 12.3 Å². The molecule has 2 fully saturated rings. The Hall–Kier alpha value is -1.06. The maximum absolute atomic E-state index is 12.7. The van der Waals surface area contributed by atoms with Crippen molar-refractivity contribution in [2.75, 3.05) is 13.1 Å². The third-order valence-electron chi connectivity index (χ3n) is 5.17. The van der Waals surface area contributed by atoms with Gasteiger partial charge in [0.1, 0.15) is 0 Å². The molecule has 0 bridgehead atoms. The van der Waals surface area contributed by atoms with Crippen LogP contribution in [0.2, 0.25) is 0 Å². The highest BCUT2D eigenvalue weighted by atomic mass is 16.4. The number of hydrogen-bond donors (Lipinski definition) is 1. The highest BCUT2D eigenvalue weighted by Crippen LogP contribution is 2.38. The molecular formula is C16H27NO3. The van der Waals surface area contributed by atoms with E-state index < -0.39 is 11.9 Å². The molecule has 1 amide bonds. The van der Waals surface area contributed by atoms with Gasteiger partial charge in [0.25, 0.3) is 0 Å². The number of carbonyl (C=O) groups is 2. The van der Waals surface area contributed by atoms with Gasteiger partial charge in [0.05, 0.1) is 11.8 Å². The first kappa shape index (κ1) is 15.3. The topological polar surface area (TPSA) is 57.6 Å². The maximum atomic E-state index is 12.7. The number of aliphatic carboxylic acids is 1. The zero-order valence-electron chi connectivity index (χ0n) is 12.7. The zero-order chi connectivity index (χ0) is 14.7. The second-order valence-electron chi connectivity index (χ2n) is 6.66. The van der Waals surface area contributed by atoms with E-state index in [2.05, 4.69) is 13.8 Å². The molecule has 1 saturated carbocycles. The number of nitrogens with zero attached hydrogens (tertiary/aromatic N) is 1. The molecule has 4 atom stereocenters. The summed E-state index contributed by atoms with van der Waals surface area (Å²) in [6.45, 7) is 5.89. The Morgan fingerprint density at radius 1 is 1.15 bits per heavy atom. The molecule has 0 aromatic carbocycles. The standard InChI is InChI=1S/C16H27NO3/c1-3-12-5-4-7-17(8-6-12)15(18)13-9-11(2)10-14(13)16(19)20/h11-14H,3-10H2,1-2H3,(H,19,20)/t11?,12?,13-,14+/m0/s1. The lowest BCUT2D eigenvalue weighted by atomic mass is 9.94. The highest BCUT2D eigenvalue weighted by Gasteiger charge is 2.42. The van der Waals surface area contributed by atoms with E-state index in [-0.39, 0.29) is 11.8 Å². The summed E-state index contributed by atoms with van der Waals surface area (Å²) < 4.78 is 0. The summed E-state index contributed by atoms with van der Waals surface area (Å²) >= 11 is 0. The molecule has 0 radical (unpaired) electrons. The molecule has 2 unspecified atom stereocenters. The first-order valence-electron chi connectivity index (χ1n) is 8.04. The van der Waals surface area contributed by atoms with Crippen LogP contribution in [0.25, 0.3) is 0 Å². The van der Waals surface area contributed by atoms with Crippen molar-refractivity contribution in [3.63, 3.8) is 0 Å². The molecule has 2 aliphatic rings. The summed E-state index contributed by atoms with van der Waals surface area (Å²) in [6.07, 6.45) is 5.90. The van der Waals surface area contributed by atoms with Gasteiger partial charge in [0.15, 0.2) is 0 Å². The van der Waals surface area contributed by atoms with Crippen LogP contribution < -0.4 is 0 Å². The minimum atomic E-state index is -0.797. The Morgan fingerprint density at radius 3 is 2.50 bits per heavy atom. The Labute approximate surface area is 121 Å². The fourth-order valence-electron chi connectivity index (χ4n) is 3.87. The summed E-state index contributed by atoms with van der Waals surface area (Å²) in [5, 5.41) is 9.31. The molecular weight excluding hydrogens is 254 g/mol. The minimum absolute atomic E-state index is 0.0958. The molecule has 0 aromatic heterocycles. The van der Waals surface area contributed by atoms with Crippen LogP contribution in [-0.2, 0) is 9.59 Å². The van der Waals surface area contributed by atoms with Crippen LogP contribution in [0.15, 0.2) is 0 Å². The van der Waals surface area contributed by atoms with Crippen LogP contribution in [-0.4, -0.2) is 35.0 Å². The van der Waals surface area contributed by atoms with E-state index >= 15 is 0 Å². The summed E-state index contributed by atoms with van der Waals surface area (Å²) in [6, 6.07) is 0. The zero-order valence-corrected chi connectivity index (χ0v) is 12.7. The summed E-state index contributed by atoms with van der Waals surface area (Å²) in [5.41, 5.74) is 0. The van der Waals surface area contributed by atoms with Gasteiger partial charge in [-0.3, -0.25) is 9.59 Å². The molecule has 1 aliphatic heterocycles. The molecule has 20 heavy (non-hydrogen) atoms. The normalized spacial score (nSPS) is 34.8. The van der Waals surface area contributed by atoms with Crippen molar-refractivity contribution in [3.05, 3.63) is 0 Å². The number of hydrogen-bond acceptors (Lipinski definition) is 2. The quantitative estimate of drug-likeness (QED) is 0.865. The first-order chi connectivity index (χ1) is 9.52. The van der Waals surface area contributed by atoms with E-state index in [1.807, 2.05) is 4.90 Å². The van der Waals surface area contributed by atoms with Gasteiger partial charge in [-0.25, -0.2) is 0 Å². The molecule has 2 rings (SSSR count). The lowest BCUT2D eigenvalue weighted by Gasteiger charge is -2.26. The summed E-state index contributed by atoms with van der Waals surface area (Å²) in [7, 11) is 0. The molecule has 114 valence electrons. The van der Waals surface area contributed by atoms with Crippen molar-refractivity contribution in [1.29, 1.82) is 0 Å². The van der Waals surface area contributed by atoms with Gasteiger partial charge in [0.2, 0.25) is 5.91 Å². The Morgan fingerprint density at radius 2 is 1.85 bits per heavy atom. The third-order valence-corrected chi connectivity index (χ3v) is 5.17. The van der Waals surface area contributed by atoms with Crippen LogP contribution in [0, 0.1) is 23.7 Å². The van der Waals surface area contributed by atoms with Gasteiger partial charge < -0.3 is 10.0 Å². The number of carboxylic acid groups (broad SMARTS) is 1. The Bertz CT molecular complexity index is 369. The first-order valence-corrected chi connectivity index (χ1v) is 8.04. The Kier molecular flexibility index (Phi) is 5.06. The monoisotopic (exact) mass is 281 g/mol. The van der Waals surface area contributed by atoms with Crippen LogP contribution >= 0.6 is 0 Å². The third kappa shape index (κ3) is 3.33. The fraction of sp³-hybridized carbons (Fsp3) is 0.875.